The monoisotopic (exact) mass is 485 g/mol. The third-order valence-electron chi connectivity index (χ3n) is 5.28. The zero-order chi connectivity index (χ0) is 22.1. The van der Waals surface area contributed by atoms with Crippen molar-refractivity contribution in [3.05, 3.63) is 63.3 Å². The standard InChI is InChI=1S/C22H19N3O4S3/c26-18(24-9-11-30-13-24)7-8-25(21(28)17-6-3-10-31-17)22-23-15(12-32-22)20-19(27)14-4-1-2-5-16(14)29-20/h1-6,10,12,20H,7-9,11,13H2. The number of aromatic nitrogens is 1. The Balaban J connectivity index is 1.37. The molecule has 4 heterocycles. The molecule has 0 aliphatic carbocycles. The van der Waals surface area contributed by atoms with E-state index in [-0.39, 0.29) is 30.6 Å². The van der Waals surface area contributed by atoms with Crippen LogP contribution in [0.1, 0.15) is 38.2 Å². The zero-order valence-electron chi connectivity index (χ0n) is 16.9. The van der Waals surface area contributed by atoms with Crippen molar-refractivity contribution in [1.29, 1.82) is 0 Å². The van der Waals surface area contributed by atoms with Crippen LogP contribution in [0.4, 0.5) is 5.13 Å². The van der Waals surface area contributed by atoms with Crippen LogP contribution in [0.3, 0.4) is 0 Å². The first kappa shape index (κ1) is 21.2. The number of thiazole rings is 1. The van der Waals surface area contributed by atoms with Crippen molar-refractivity contribution in [2.75, 3.05) is 29.6 Å². The second kappa shape index (κ2) is 9.05. The number of rotatable bonds is 6. The molecule has 1 unspecified atom stereocenters. The van der Waals surface area contributed by atoms with Crippen molar-refractivity contribution < 1.29 is 19.1 Å². The van der Waals surface area contributed by atoms with Gasteiger partial charge in [-0.15, -0.1) is 34.4 Å². The van der Waals surface area contributed by atoms with Crippen LogP contribution in [-0.4, -0.2) is 52.2 Å². The number of carbonyl (C=O) groups excluding carboxylic acids is 3. The number of nitrogens with zero attached hydrogens (tertiary/aromatic N) is 3. The Morgan fingerprint density at radius 2 is 2.06 bits per heavy atom. The van der Waals surface area contributed by atoms with Gasteiger partial charge in [0, 0.05) is 30.6 Å². The molecule has 0 spiro atoms. The van der Waals surface area contributed by atoms with Crippen LogP contribution in [-0.2, 0) is 4.79 Å². The van der Waals surface area contributed by atoms with Gasteiger partial charge in [0.25, 0.3) is 5.91 Å². The lowest BCUT2D eigenvalue weighted by Gasteiger charge is -2.21. The molecule has 7 nitrogen and oxygen atoms in total. The maximum absolute atomic E-state index is 13.2. The molecule has 5 rings (SSSR count). The molecule has 1 fully saturated rings. The summed E-state index contributed by atoms with van der Waals surface area (Å²) >= 11 is 4.35. The van der Waals surface area contributed by atoms with Gasteiger partial charge in [0.1, 0.15) is 11.4 Å². The van der Waals surface area contributed by atoms with Crippen LogP contribution in [0.25, 0.3) is 0 Å². The van der Waals surface area contributed by atoms with E-state index in [9.17, 15) is 14.4 Å². The minimum Gasteiger partial charge on any atom is -0.475 e. The number of amides is 2. The molecule has 0 N–H and O–H groups in total. The lowest BCUT2D eigenvalue weighted by molar-refractivity contribution is -0.129. The van der Waals surface area contributed by atoms with Crippen LogP contribution in [0, 0.1) is 0 Å². The number of ketones is 1. The van der Waals surface area contributed by atoms with Crippen LogP contribution in [0.15, 0.2) is 47.2 Å². The molecule has 32 heavy (non-hydrogen) atoms. The molecule has 1 aromatic carbocycles. The van der Waals surface area contributed by atoms with E-state index in [1.54, 1.807) is 41.4 Å². The quantitative estimate of drug-likeness (QED) is 0.523. The van der Waals surface area contributed by atoms with E-state index < -0.39 is 6.10 Å². The fourth-order valence-corrected chi connectivity index (χ4v) is 6.11. The molecule has 164 valence electrons. The topological polar surface area (TPSA) is 79.8 Å². The summed E-state index contributed by atoms with van der Waals surface area (Å²) in [6.45, 7) is 0.967. The normalized spacial score (nSPS) is 17.3. The van der Waals surface area contributed by atoms with Crippen LogP contribution in [0.2, 0.25) is 0 Å². The number of thioether (sulfide) groups is 1. The molecule has 0 radical (unpaired) electrons. The van der Waals surface area contributed by atoms with E-state index in [1.807, 2.05) is 22.4 Å². The summed E-state index contributed by atoms with van der Waals surface area (Å²) in [5.74, 6) is 1.86. The van der Waals surface area contributed by atoms with Gasteiger partial charge in [0.15, 0.2) is 5.13 Å². The summed E-state index contributed by atoms with van der Waals surface area (Å²) in [5.41, 5.74) is 1.00. The first-order chi connectivity index (χ1) is 15.6. The Hall–Kier alpha value is -2.69. The smallest absolute Gasteiger partial charge is 0.270 e. The predicted molar refractivity (Wildman–Crippen MR) is 126 cm³/mol. The third kappa shape index (κ3) is 4.05. The van der Waals surface area contributed by atoms with Crippen molar-refractivity contribution in [2.45, 2.75) is 12.5 Å². The van der Waals surface area contributed by atoms with E-state index >= 15 is 0 Å². The Bertz CT molecular complexity index is 1150. The summed E-state index contributed by atoms with van der Waals surface area (Å²) in [5, 5.41) is 4.04. The molecule has 3 aromatic rings. The largest absolute Gasteiger partial charge is 0.475 e. The van der Waals surface area contributed by atoms with Gasteiger partial charge >= 0.3 is 0 Å². The van der Waals surface area contributed by atoms with E-state index in [0.29, 0.717) is 32.9 Å². The lowest BCUT2D eigenvalue weighted by atomic mass is 10.1. The molecule has 1 atom stereocenters. The van der Waals surface area contributed by atoms with Gasteiger partial charge < -0.3 is 9.64 Å². The fourth-order valence-electron chi connectivity index (χ4n) is 3.60. The summed E-state index contributed by atoms with van der Waals surface area (Å²) < 4.78 is 5.83. The van der Waals surface area contributed by atoms with E-state index in [1.165, 1.54) is 27.6 Å². The minimum absolute atomic E-state index is 0.0283. The maximum Gasteiger partial charge on any atom is 0.270 e. The van der Waals surface area contributed by atoms with Gasteiger partial charge in [-0.3, -0.25) is 19.3 Å². The molecule has 2 aliphatic rings. The number of anilines is 1. The van der Waals surface area contributed by atoms with Gasteiger partial charge in [0.05, 0.1) is 16.3 Å². The number of ether oxygens (including phenoxy) is 1. The number of hydrogen-bond donors (Lipinski definition) is 0. The second-order valence-electron chi connectivity index (χ2n) is 7.29. The van der Waals surface area contributed by atoms with Gasteiger partial charge in [0.2, 0.25) is 17.8 Å². The van der Waals surface area contributed by atoms with Crippen LogP contribution >= 0.6 is 34.4 Å². The Kier molecular flexibility index (Phi) is 5.99. The van der Waals surface area contributed by atoms with Crippen molar-refractivity contribution in [3.8, 4) is 5.75 Å². The highest BCUT2D eigenvalue weighted by molar-refractivity contribution is 7.99. The highest BCUT2D eigenvalue weighted by Crippen LogP contribution is 2.38. The first-order valence-corrected chi connectivity index (χ1v) is 13.0. The molecule has 2 aromatic heterocycles. The van der Waals surface area contributed by atoms with Crippen molar-refractivity contribution >= 4 is 57.2 Å². The maximum atomic E-state index is 13.2. The van der Waals surface area contributed by atoms with Gasteiger partial charge in [-0.1, -0.05) is 18.2 Å². The molecule has 2 aliphatic heterocycles. The van der Waals surface area contributed by atoms with Crippen molar-refractivity contribution in [3.63, 3.8) is 0 Å². The second-order valence-corrected chi connectivity index (χ2v) is 10.2. The Labute approximate surface area is 197 Å². The lowest BCUT2D eigenvalue weighted by Crippen LogP contribution is -2.36. The average Bonchev–Trinajstić information content (AvgIpc) is 3.61. The van der Waals surface area contributed by atoms with Crippen LogP contribution in [0.5, 0.6) is 5.75 Å². The number of para-hydroxylation sites is 1. The Morgan fingerprint density at radius 1 is 1.19 bits per heavy atom. The third-order valence-corrected chi connectivity index (χ3v) is 7.98. The summed E-state index contributed by atoms with van der Waals surface area (Å²) in [4.78, 5) is 47.0. The highest BCUT2D eigenvalue weighted by Gasteiger charge is 2.36. The number of fused-ring (bicyclic) bond motifs is 1. The molecular formula is C22H19N3O4S3. The van der Waals surface area contributed by atoms with Gasteiger partial charge in [-0.25, -0.2) is 4.98 Å². The van der Waals surface area contributed by atoms with Gasteiger partial charge in [-0.2, -0.15) is 0 Å². The van der Waals surface area contributed by atoms with E-state index in [2.05, 4.69) is 4.98 Å². The molecule has 2 amide bonds. The number of thiophene rings is 1. The first-order valence-electron chi connectivity index (χ1n) is 10.1. The van der Waals surface area contributed by atoms with Crippen molar-refractivity contribution in [1.82, 2.24) is 9.88 Å². The molecule has 0 saturated carbocycles. The SMILES string of the molecule is O=C1c2ccccc2OC1c1csc(N(CCC(=O)N2CCSC2)C(=O)c2cccs2)n1. The number of carbonyl (C=O) groups is 3. The summed E-state index contributed by atoms with van der Waals surface area (Å²) in [7, 11) is 0. The molecular weight excluding hydrogens is 466 g/mol. The fraction of sp³-hybridized carbons (Fsp3) is 0.273. The number of hydrogen-bond acceptors (Lipinski definition) is 8. The van der Waals surface area contributed by atoms with Gasteiger partial charge in [-0.05, 0) is 23.6 Å². The highest BCUT2D eigenvalue weighted by atomic mass is 32.2. The van der Waals surface area contributed by atoms with E-state index in [4.69, 9.17) is 4.74 Å². The van der Waals surface area contributed by atoms with Crippen molar-refractivity contribution in [2.24, 2.45) is 0 Å². The molecule has 1 saturated heterocycles. The zero-order valence-corrected chi connectivity index (χ0v) is 19.4. The predicted octanol–water partition coefficient (Wildman–Crippen LogP) is 4.09. The summed E-state index contributed by atoms with van der Waals surface area (Å²) in [6.07, 6.45) is -0.601. The molecule has 0 bridgehead atoms. The minimum atomic E-state index is -0.820. The Morgan fingerprint density at radius 3 is 2.81 bits per heavy atom. The molecule has 10 heteroatoms. The van der Waals surface area contributed by atoms with Crippen LogP contribution < -0.4 is 9.64 Å². The van der Waals surface area contributed by atoms with E-state index in [0.717, 1.165) is 12.3 Å². The number of benzene rings is 1. The summed E-state index contributed by atoms with van der Waals surface area (Å²) in [6, 6.07) is 10.7. The average molecular weight is 486 g/mol. The number of Topliss-reactive ketones (excluding diaryl/α,β-unsaturated/α-hetero) is 1.